The molecule has 0 saturated carbocycles. The van der Waals surface area contributed by atoms with E-state index < -0.39 is 0 Å². The molecule has 0 radical (unpaired) electrons. The summed E-state index contributed by atoms with van der Waals surface area (Å²) in [5.74, 6) is -0.162. The number of nitrogens with one attached hydrogen (secondary N) is 1. The molecule has 2 heterocycles. The van der Waals surface area contributed by atoms with Gasteiger partial charge < -0.3 is 5.32 Å². The van der Waals surface area contributed by atoms with Gasteiger partial charge in [-0.3, -0.25) is 9.48 Å². The fraction of sp³-hybridized carbons (Fsp3) is 0.133. The third-order valence-corrected chi connectivity index (χ3v) is 3.76. The van der Waals surface area contributed by atoms with Crippen molar-refractivity contribution in [3.8, 4) is 0 Å². The van der Waals surface area contributed by atoms with Crippen molar-refractivity contribution in [3.63, 3.8) is 0 Å². The number of pyridine rings is 1. The van der Waals surface area contributed by atoms with Crippen LogP contribution >= 0.6 is 15.9 Å². The number of carbonyl (C=O) groups is 1. The Labute approximate surface area is 130 Å². The van der Waals surface area contributed by atoms with E-state index in [2.05, 4.69) is 31.3 Å². The first-order valence-corrected chi connectivity index (χ1v) is 7.20. The number of rotatable bonds is 2. The molecule has 2 aromatic heterocycles. The molecule has 6 heteroatoms. The molecule has 5 nitrogen and oxygen atoms in total. The van der Waals surface area contributed by atoms with E-state index in [1.165, 1.54) is 0 Å². The molecule has 0 aliphatic heterocycles. The van der Waals surface area contributed by atoms with Crippen molar-refractivity contribution in [1.29, 1.82) is 0 Å². The Hall–Kier alpha value is -2.21. The van der Waals surface area contributed by atoms with Crippen molar-refractivity contribution in [2.45, 2.75) is 6.92 Å². The minimum absolute atomic E-state index is 0.162. The first-order valence-electron chi connectivity index (χ1n) is 6.41. The molecule has 0 aliphatic carbocycles. The van der Waals surface area contributed by atoms with E-state index in [1.54, 1.807) is 23.0 Å². The molecular formula is C15H13BrN4O. The van der Waals surface area contributed by atoms with Crippen LogP contribution in [0.2, 0.25) is 0 Å². The number of hydrogen-bond donors (Lipinski definition) is 1. The first kappa shape index (κ1) is 13.8. The zero-order chi connectivity index (χ0) is 15.0. The standard InChI is InChI=1S/C15H13BrN4O/c1-9-13-7-12(8-17-14(13)20(2)19-9)18-15(21)10-3-5-11(16)6-4-10/h3-8H,1-2H3,(H,18,21). The number of carbonyl (C=O) groups excluding carboxylic acids is 1. The molecule has 3 aromatic rings. The van der Waals surface area contributed by atoms with Gasteiger partial charge >= 0.3 is 0 Å². The van der Waals surface area contributed by atoms with Crippen LogP contribution < -0.4 is 5.32 Å². The zero-order valence-corrected chi connectivity index (χ0v) is 13.2. The van der Waals surface area contributed by atoms with Crippen molar-refractivity contribution in [3.05, 3.63) is 52.3 Å². The number of halogens is 1. The van der Waals surface area contributed by atoms with E-state index in [-0.39, 0.29) is 5.91 Å². The summed E-state index contributed by atoms with van der Waals surface area (Å²) in [5.41, 5.74) is 2.95. The first-order chi connectivity index (χ1) is 10.0. The summed E-state index contributed by atoms with van der Waals surface area (Å²) in [6.07, 6.45) is 1.64. The summed E-state index contributed by atoms with van der Waals surface area (Å²) in [6, 6.07) is 9.09. The third-order valence-electron chi connectivity index (χ3n) is 3.23. The molecule has 0 bridgehead atoms. The van der Waals surface area contributed by atoms with Gasteiger partial charge in [0.05, 0.1) is 17.6 Å². The van der Waals surface area contributed by atoms with Crippen molar-refractivity contribution in [2.24, 2.45) is 7.05 Å². The number of benzene rings is 1. The van der Waals surface area contributed by atoms with Gasteiger partial charge in [0.15, 0.2) is 5.65 Å². The van der Waals surface area contributed by atoms with Crippen LogP contribution in [0.25, 0.3) is 11.0 Å². The third kappa shape index (κ3) is 2.67. The number of amides is 1. The fourth-order valence-corrected chi connectivity index (χ4v) is 2.45. The molecule has 0 saturated heterocycles. The Bertz CT molecular complexity index is 824. The number of fused-ring (bicyclic) bond motifs is 1. The maximum atomic E-state index is 12.2. The minimum atomic E-state index is -0.162. The highest BCUT2D eigenvalue weighted by Gasteiger charge is 2.10. The van der Waals surface area contributed by atoms with E-state index in [4.69, 9.17) is 0 Å². The fourth-order valence-electron chi connectivity index (χ4n) is 2.18. The monoisotopic (exact) mass is 344 g/mol. The number of aromatic nitrogens is 3. The van der Waals surface area contributed by atoms with Gasteiger partial charge in [-0.25, -0.2) is 4.98 Å². The van der Waals surface area contributed by atoms with Gasteiger partial charge in [0, 0.05) is 22.5 Å². The molecule has 0 aliphatic rings. The lowest BCUT2D eigenvalue weighted by molar-refractivity contribution is 0.102. The lowest BCUT2D eigenvalue weighted by Gasteiger charge is -2.05. The van der Waals surface area contributed by atoms with Gasteiger partial charge in [0.25, 0.3) is 5.91 Å². The van der Waals surface area contributed by atoms with E-state index in [1.807, 2.05) is 32.2 Å². The van der Waals surface area contributed by atoms with E-state index in [0.717, 1.165) is 21.2 Å². The average Bonchev–Trinajstić information content (AvgIpc) is 2.74. The van der Waals surface area contributed by atoms with Gasteiger partial charge in [0.2, 0.25) is 0 Å². The number of nitrogens with zero attached hydrogens (tertiary/aromatic N) is 3. The van der Waals surface area contributed by atoms with E-state index in [0.29, 0.717) is 11.3 Å². The van der Waals surface area contributed by atoms with Crippen molar-refractivity contribution < 1.29 is 4.79 Å². The Morgan fingerprint density at radius 3 is 2.71 bits per heavy atom. The normalized spacial score (nSPS) is 10.8. The summed E-state index contributed by atoms with van der Waals surface area (Å²) >= 11 is 3.35. The van der Waals surface area contributed by atoms with E-state index in [9.17, 15) is 4.79 Å². The van der Waals surface area contributed by atoms with Crippen LogP contribution in [-0.4, -0.2) is 20.7 Å². The Kier molecular flexibility index (Phi) is 3.47. The Morgan fingerprint density at radius 2 is 2.00 bits per heavy atom. The molecular weight excluding hydrogens is 332 g/mol. The second-order valence-electron chi connectivity index (χ2n) is 4.77. The van der Waals surface area contributed by atoms with Crippen LogP contribution in [0.15, 0.2) is 41.0 Å². The summed E-state index contributed by atoms with van der Waals surface area (Å²) in [4.78, 5) is 16.5. The van der Waals surface area contributed by atoms with Gasteiger partial charge in [-0.15, -0.1) is 0 Å². The summed E-state index contributed by atoms with van der Waals surface area (Å²) < 4.78 is 2.67. The summed E-state index contributed by atoms with van der Waals surface area (Å²) in [6.45, 7) is 1.92. The second kappa shape index (κ2) is 5.29. The van der Waals surface area contributed by atoms with Gasteiger partial charge in [-0.2, -0.15) is 5.10 Å². The second-order valence-corrected chi connectivity index (χ2v) is 5.68. The topological polar surface area (TPSA) is 59.8 Å². The predicted molar refractivity (Wildman–Crippen MR) is 85.3 cm³/mol. The van der Waals surface area contributed by atoms with Crippen LogP contribution in [0, 0.1) is 6.92 Å². The molecule has 1 aromatic carbocycles. The van der Waals surface area contributed by atoms with Crippen LogP contribution in [0.4, 0.5) is 5.69 Å². The number of anilines is 1. The molecule has 106 valence electrons. The highest BCUT2D eigenvalue weighted by molar-refractivity contribution is 9.10. The van der Waals surface area contributed by atoms with Crippen LogP contribution in [0.3, 0.4) is 0 Å². The van der Waals surface area contributed by atoms with Gasteiger partial charge in [0.1, 0.15) is 0 Å². The maximum Gasteiger partial charge on any atom is 0.255 e. The lowest BCUT2D eigenvalue weighted by atomic mass is 10.2. The van der Waals surface area contributed by atoms with Gasteiger partial charge in [-0.1, -0.05) is 15.9 Å². The smallest absolute Gasteiger partial charge is 0.255 e. The van der Waals surface area contributed by atoms with Crippen LogP contribution in [0.5, 0.6) is 0 Å². The number of hydrogen-bond acceptors (Lipinski definition) is 3. The molecule has 0 unspecified atom stereocenters. The highest BCUT2D eigenvalue weighted by atomic mass is 79.9. The van der Waals surface area contributed by atoms with Crippen LogP contribution in [0.1, 0.15) is 16.1 Å². The SMILES string of the molecule is Cc1nn(C)c2ncc(NC(=O)c3ccc(Br)cc3)cc12. The molecule has 0 fully saturated rings. The van der Waals surface area contributed by atoms with Crippen molar-refractivity contribution >= 4 is 38.6 Å². The molecule has 0 spiro atoms. The van der Waals surface area contributed by atoms with Crippen LogP contribution in [-0.2, 0) is 7.05 Å². The summed E-state index contributed by atoms with van der Waals surface area (Å²) in [7, 11) is 1.85. The Balaban J connectivity index is 1.89. The van der Waals surface area contributed by atoms with E-state index >= 15 is 0 Å². The predicted octanol–water partition coefficient (Wildman–Crippen LogP) is 3.29. The average molecular weight is 345 g/mol. The Morgan fingerprint density at radius 1 is 1.29 bits per heavy atom. The maximum absolute atomic E-state index is 12.2. The summed E-state index contributed by atoms with van der Waals surface area (Å²) in [5, 5.41) is 8.10. The largest absolute Gasteiger partial charge is 0.321 e. The quantitative estimate of drug-likeness (QED) is 0.775. The lowest BCUT2D eigenvalue weighted by Crippen LogP contribution is -2.11. The molecule has 21 heavy (non-hydrogen) atoms. The molecule has 1 N–H and O–H groups in total. The zero-order valence-electron chi connectivity index (χ0n) is 11.6. The minimum Gasteiger partial charge on any atom is -0.321 e. The molecule has 1 amide bonds. The number of aryl methyl sites for hydroxylation is 2. The van der Waals surface area contributed by atoms with Crippen molar-refractivity contribution in [2.75, 3.05) is 5.32 Å². The van der Waals surface area contributed by atoms with Gasteiger partial charge in [-0.05, 0) is 37.3 Å². The van der Waals surface area contributed by atoms with Crippen molar-refractivity contribution in [1.82, 2.24) is 14.8 Å². The highest BCUT2D eigenvalue weighted by Crippen LogP contribution is 2.20. The molecule has 0 atom stereocenters. The molecule has 3 rings (SSSR count).